The first-order valence-corrected chi connectivity index (χ1v) is 8.39. The number of benzene rings is 1. The molecular formula is C18H30IN3O. The van der Waals surface area contributed by atoms with E-state index in [0.717, 1.165) is 51.5 Å². The molecule has 1 aliphatic heterocycles. The Kier molecular flexibility index (Phi) is 9.55. The fourth-order valence-corrected chi connectivity index (χ4v) is 2.77. The van der Waals surface area contributed by atoms with E-state index >= 15 is 0 Å². The number of hydrogen-bond acceptors (Lipinski definition) is 2. The van der Waals surface area contributed by atoms with Crippen molar-refractivity contribution in [2.24, 2.45) is 4.99 Å². The van der Waals surface area contributed by atoms with Gasteiger partial charge in [-0.25, -0.2) is 0 Å². The standard InChI is InChI=1S/C18H29N3O.HI/c1-4-19-18(21-13-17-6-5-11-22-17)20-10-9-16-8-7-14(2)12-15(16)3;/h7-8,12,17H,4-6,9-11,13H2,1-3H3,(H2,19,20,21);1H. The van der Waals surface area contributed by atoms with Gasteiger partial charge in [0.1, 0.15) is 0 Å². The highest BCUT2D eigenvalue weighted by atomic mass is 127. The molecule has 1 atom stereocenters. The molecule has 0 radical (unpaired) electrons. The number of halogens is 1. The van der Waals surface area contributed by atoms with E-state index in [1.54, 1.807) is 0 Å². The molecule has 23 heavy (non-hydrogen) atoms. The van der Waals surface area contributed by atoms with Gasteiger partial charge in [-0.3, -0.25) is 4.99 Å². The molecule has 4 nitrogen and oxygen atoms in total. The highest BCUT2D eigenvalue weighted by Crippen LogP contribution is 2.12. The minimum atomic E-state index is 0. The topological polar surface area (TPSA) is 45.7 Å². The molecule has 2 rings (SSSR count). The van der Waals surface area contributed by atoms with Gasteiger partial charge < -0.3 is 15.4 Å². The van der Waals surface area contributed by atoms with Crippen molar-refractivity contribution in [1.29, 1.82) is 0 Å². The predicted octanol–water partition coefficient (Wildman–Crippen LogP) is 3.20. The van der Waals surface area contributed by atoms with Gasteiger partial charge in [-0.15, -0.1) is 24.0 Å². The van der Waals surface area contributed by atoms with E-state index in [1.807, 2.05) is 0 Å². The van der Waals surface area contributed by atoms with Crippen LogP contribution in [0.2, 0.25) is 0 Å². The van der Waals surface area contributed by atoms with Crippen LogP contribution in [0.5, 0.6) is 0 Å². The zero-order valence-electron chi connectivity index (χ0n) is 14.5. The molecule has 1 aromatic carbocycles. The van der Waals surface area contributed by atoms with Crippen molar-refractivity contribution in [3.05, 3.63) is 34.9 Å². The minimum Gasteiger partial charge on any atom is -0.376 e. The zero-order valence-corrected chi connectivity index (χ0v) is 16.9. The Labute approximate surface area is 157 Å². The van der Waals surface area contributed by atoms with Crippen LogP contribution in [0.1, 0.15) is 36.5 Å². The molecule has 0 aromatic heterocycles. The summed E-state index contributed by atoms with van der Waals surface area (Å²) in [5.74, 6) is 0.891. The normalized spacial score (nSPS) is 17.7. The van der Waals surface area contributed by atoms with Crippen molar-refractivity contribution in [3.63, 3.8) is 0 Å². The lowest BCUT2D eigenvalue weighted by molar-refractivity contribution is 0.117. The predicted molar refractivity (Wildman–Crippen MR) is 108 cm³/mol. The average molecular weight is 431 g/mol. The second kappa shape index (κ2) is 10.9. The SMILES string of the molecule is CCNC(=NCC1CCCO1)NCCc1ccc(C)cc1C.I. The molecule has 5 heteroatoms. The summed E-state index contributed by atoms with van der Waals surface area (Å²) in [7, 11) is 0. The Morgan fingerprint density at radius 3 is 2.78 bits per heavy atom. The first-order valence-electron chi connectivity index (χ1n) is 8.39. The second-order valence-corrected chi connectivity index (χ2v) is 5.96. The fourth-order valence-electron chi connectivity index (χ4n) is 2.77. The molecule has 1 aliphatic rings. The van der Waals surface area contributed by atoms with Crippen LogP contribution in [0.3, 0.4) is 0 Å². The van der Waals surface area contributed by atoms with E-state index in [-0.39, 0.29) is 24.0 Å². The van der Waals surface area contributed by atoms with Gasteiger partial charge in [0.05, 0.1) is 12.6 Å². The van der Waals surface area contributed by atoms with Gasteiger partial charge in [0.2, 0.25) is 0 Å². The van der Waals surface area contributed by atoms with Crippen LogP contribution in [0.15, 0.2) is 23.2 Å². The number of rotatable bonds is 6. The van der Waals surface area contributed by atoms with Crippen molar-refractivity contribution in [3.8, 4) is 0 Å². The number of nitrogens with one attached hydrogen (secondary N) is 2. The van der Waals surface area contributed by atoms with E-state index in [4.69, 9.17) is 4.74 Å². The largest absolute Gasteiger partial charge is 0.376 e. The molecule has 1 saturated heterocycles. The molecule has 0 bridgehead atoms. The van der Waals surface area contributed by atoms with Gasteiger partial charge in [-0.1, -0.05) is 23.8 Å². The maximum Gasteiger partial charge on any atom is 0.191 e. The highest BCUT2D eigenvalue weighted by molar-refractivity contribution is 14.0. The summed E-state index contributed by atoms with van der Waals surface area (Å²) >= 11 is 0. The van der Waals surface area contributed by atoms with E-state index in [0.29, 0.717) is 6.10 Å². The van der Waals surface area contributed by atoms with Crippen molar-refractivity contribution >= 4 is 29.9 Å². The average Bonchev–Trinajstić information content (AvgIpc) is 3.00. The number of nitrogens with zero attached hydrogens (tertiary/aromatic N) is 1. The zero-order chi connectivity index (χ0) is 15.8. The molecule has 0 aliphatic carbocycles. The van der Waals surface area contributed by atoms with Gasteiger partial charge in [0, 0.05) is 19.7 Å². The van der Waals surface area contributed by atoms with Crippen molar-refractivity contribution < 1.29 is 4.74 Å². The van der Waals surface area contributed by atoms with Gasteiger partial charge in [-0.2, -0.15) is 0 Å². The molecule has 1 heterocycles. The molecule has 2 N–H and O–H groups in total. The van der Waals surface area contributed by atoms with Crippen LogP contribution in [0, 0.1) is 13.8 Å². The summed E-state index contributed by atoms with van der Waals surface area (Å²) in [4.78, 5) is 4.63. The number of guanidine groups is 1. The minimum absolute atomic E-state index is 0. The van der Waals surface area contributed by atoms with Crippen LogP contribution >= 0.6 is 24.0 Å². The van der Waals surface area contributed by atoms with Gasteiger partial charge in [-0.05, 0) is 51.2 Å². The van der Waals surface area contributed by atoms with Gasteiger partial charge in [0.25, 0.3) is 0 Å². The van der Waals surface area contributed by atoms with Crippen LogP contribution in [0.25, 0.3) is 0 Å². The third-order valence-corrected chi connectivity index (χ3v) is 4.01. The van der Waals surface area contributed by atoms with Gasteiger partial charge in [0.15, 0.2) is 5.96 Å². The third kappa shape index (κ3) is 7.08. The Bertz CT molecular complexity index is 499. The first-order chi connectivity index (χ1) is 10.7. The number of aryl methyl sites for hydroxylation is 2. The van der Waals surface area contributed by atoms with E-state index in [1.165, 1.54) is 16.7 Å². The Hall–Kier alpha value is -0.820. The van der Waals surface area contributed by atoms with Crippen molar-refractivity contribution in [2.45, 2.75) is 46.1 Å². The first kappa shape index (κ1) is 20.2. The molecule has 1 fully saturated rings. The van der Waals surface area contributed by atoms with Crippen LogP contribution in [-0.2, 0) is 11.2 Å². The van der Waals surface area contributed by atoms with Crippen LogP contribution in [0.4, 0.5) is 0 Å². The van der Waals surface area contributed by atoms with E-state index in [2.05, 4.69) is 54.6 Å². The smallest absolute Gasteiger partial charge is 0.191 e. The molecule has 0 amide bonds. The molecular weight excluding hydrogens is 401 g/mol. The fraction of sp³-hybridized carbons (Fsp3) is 0.611. The molecule has 0 spiro atoms. The van der Waals surface area contributed by atoms with E-state index in [9.17, 15) is 0 Å². The van der Waals surface area contributed by atoms with Gasteiger partial charge >= 0.3 is 0 Å². The summed E-state index contributed by atoms with van der Waals surface area (Å²) in [6, 6.07) is 6.65. The highest BCUT2D eigenvalue weighted by Gasteiger charge is 2.14. The van der Waals surface area contributed by atoms with Crippen LogP contribution in [-0.4, -0.2) is 38.3 Å². The summed E-state index contributed by atoms with van der Waals surface area (Å²) in [6.07, 6.45) is 3.61. The maximum atomic E-state index is 5.62. The Balaban J connectivity index is 0.00000264. The lowest BCUT2D eigenvalue weighted by Crippen LogP contribution is -2.39. The maximum absolute atomic E-state index is 5.62. The second-order valence-electron chi connectivity index (χ2n) is 5.96. The lowest BCUT2D eigenvalue weighted by atomic mass is 10.0. The van der Waals surface area contributed by atoms with Crippen molar-refractivity contribution in [1.82, 2.24) is 10.6 Å². The summed E-state index contributed by atoms with van der Waals surface area (Å²) in [5.41, 5.74) is 4.08. The molecule has 1 aromatic rings. The summed E-state index contributed by atoms with van der Waals surface area (Å²) in [5, 5.41) is 6.72. The number of ether oxygens (including phenoxy) is 1. The molecule has 0 saturated carbocycles. The van der Waals surface area contributed by atoms with Crippen LogP contribution < -0.4 is 10.6 Å². The molecule has 1 unspecified atom stereocenters. The molecule has 130 valence electrons. The lowest BCUT2D eigenvalue weighted by Gasteiger charge is -2.13. The monoisotopic (exact) mass is 431 g/mol. The Morgan fingerprint density at radius 2 is 2.13 bits per heavy atom. The Morgan fingerprint density at radius 1 is 1.30 bits per heavy atom. The number of aliphatic imine (C=N–C) groups is 1. The summed E-state index contributed by atoms with van der Waals surface area (Å²) < 4.78 is 5.62. The van der Waals surface area contributed by atoms with E-state index < -0.39 is 0 Å². The third-order valence-electron chi connectivity index (χ3n) is 4.01. The summed E-state index contributed by atoms with van der Waals surface area (Å²) in [6.45, 7) is 9.81. The van der Waals surface area contributed by atoms with Crippen molar-refractivity contribution in [2.75, 3.05) is 26.2 Å². The quantitative estimate of drug-likeness (QED) is 0.413. The number of hydrogen-bond donors (Lipinski definition) is 2.